The number of carbonyl (C=O) groups excluding carboxylic acids is 1. The molecule has 0 heterocycles. The molecule has 0 saturated heterocycles. The van der Waals surface area contributed by atoms with Crippen LogP contribution in [0.4, 0.5) is 0 Å². The molecule has 1 aliphatic rings. The smallest absolute Gasteiger partial charge is 0.274 e. The van der Waals surface area contributed by atoms with Gasteiger partial charge in [-0.1, -0.05) is 6.07 Å². The van der Waals surface area contributed by atoms with Crippen molar-refractivity contribution in [1.29, 1.82) is 0 Å². The summed E-state index contributed by atoms with van der Waals surface area (Å²) < 4.78 is 5.38. The summed E-state index contributed by atoms with van der Waals surface area (Å²) in [4.78, 5) is 11.2. The van der Waals surface area contributed by atoms with Crippen LogP contribution in [-0.4, -0.2) is 24.6 Å². The van der Waals surface area contributed by atoms with Crippen molar-refractivity contribution in [1.82, 2.24) is 5.01 Å². The maximum absolute atomic E-state index is 11.2. The van der Waals surface area contributed by atoms with Crippen LogP contribution in [0.1, 0.15) is 17.5 Å². The van der Waals surface area contributed by atoms with Gasteiger partial charge in [-0.3, -0.25) is 9.80 Å². The largest absolute Gasteiger partial charge is 0.484 e. The highest BCUT2D eigenvalue weighted by atomic mass is 16.5. The average molecular weight is 220 g/mol. The average Bonchev–Trinajstić information content (AvgIpc) is 2.72. The summed E-state index contributed by atoms with van der Waals surface area (Å²) in [7, 11) is 1.51. The number of carbonyl (C=O) groups is 1. The highest BCUT2D eigenvalue weighted by Gasteiger charge is 2.12. The molecule has 1 aromatic rings. The summed E-state index contributed by atoms with van der Waals surface area (Å²) in [5.41, 5.74) is 2.74. The van der Waals surface area contributed by atoms with Gasteiger partial charge in [0.2, 0.25) is 0 Å². The number of likely N-dealkylation sites (N-methyl/N-ethyl adjacent to an activating group) is 1. The molecule has 0 aromatic heterocycles. The first-order chi connectivity index (χ1) is 7.66. The minimum Gasteiger partial charge on any atom is -0.484 e. The Morgan fingerprint density at radius 1 is 1.44 bits per heavy atom. The van der Waals surface area contributed by atoms with Crippen LogP contribution in [0.25, 0.3) is 0 Å². The first kappa shape index (κ1) is 11.0. The Bertz CT molecular complexity index is 402. The molecule has 2 N–H and O–H groups in total. The SMILES string of the molecule is CN(N)C(=O)COc1ccc2c(c1)CCC2. The Hall–Kier alpha value is -1.55. The van der Waals surface area contributed by atoms with E-state index in [1.807, 2.05) is 12.1 Å². The van der Waals surface area contributed by atoms with Crippen molar-refractivity contribution < 1.29 is 9.53 Å². The summed E-state index contributed by atoms with van der Waals surface area (Å²) >= 11 is 0. The van der Waals surface area contributed by atoms with Crippen molar-refractivity contribution in [3.8, 4) is 5.75 Å². The molecule has 0 spiro atoms. The van der Waals surface area contributed by atoms with Crippen LogP contribution in [0, 0.1) is 0 Å². The lowest BCUT2D eigenvalue weighted by Gasteiger charge is -2.11. The van der Waals surface area contributed by atoms with Gasteiger partial charge in [0.05, 0.1) is 0 Å². The third-order valence-corrected chi connectivity index (χ3v) is 2.83. The van der Waals surface area contributed by atoms with Gasteiger partial charge in [-0.2, -0.15) is 0 Å². The fraction of sp³-hybridized carbons (Fsp3) is 0.417. The van der Waals surface area contributed by atoms with Crippen molar-refractivity contribution in [2.24, 2.45) is 5.84 Å². The third-order valence-electron chi connectivity index (χ3n) is 2.83. The summed E-state index contributed by atoms with van der Waals surface area (Å²) in [6.45, 7) is -0.00815. The lowest BCUT2D eigenvalue weighted by molar-refractivity contribution is -0.132. The van der Waals surface area contributed by atoms with Gasteiger partial charge in [0.25, 0.3) is 5.91 Å². The van der Waals surface area contributed by atoms with Crippen molar-refractivity contribution in [2.75, 3.05) is 13.7 Å². The van der Waals surface area contributed by atoms with Crippen molar-refractivity contribution in [3.05, 3.63) is 29.3 Å². The van der Waals surface area contributed by atoms with Crippen LogP contribution in [-0.2, 0) is 17.6 Å². The van der Waals surface area contributed by atoms with Crippen LogP contribution in [0.15, 0.2) is 18.2 Å². The fourth-order valence-electron chi connectivity index (χ4n) is 1.88. The van der Waals surface area contributed by atoms with E-state index in [9.17, 15) is 4.79 Å². The zero-order valence-electron chi connectivity index (χ0n) is 9.40. The molecule has 0 radical (unpaired) electrons. The van der Waals surface area contributed by atoms with Gasteiger partial charge >= 0.3 is 0 Å². The number of benzene rings is 1. The van der Waals surface area contributed by atoms with Crippen LogP contribution < -0.4 is 10.6 Å². The lowest BCUT2D eigenvalue weighted by Crippen LogP contribution is -2.36. The summed E-state index contributed by atoms with van der Waals surface area (Å²) in [6, 6.07) is 6.01. The molecule has 0 saturated carbocycles. The number of fused-ring (bicyclic) bond motifs is 1. The van der Waals surface area contributed by atoms with Gasteiger partial charge in [0, 0.05) is 7.05 Å². The van der Waals surface area contributed by atoms with Crippen molar-refractivity contribution in [2.45, 2.75) is 19.3 Å². The van der Waals surface area contributed by atoms with E-state index in [1.165, 1.54) is 24.6 Å². The first-order valence-electron chi connectivity index (χ1n) is 5.42. The zero-order chi connectivity index (χ0) is 11.5. The molecule has 0 atom stereocenters. The van der Waals surface area contributed by atoms with E-state index in [2.05, 4.69) is 6.07 Å². The van der Waals surface area contributed by atoms with Gasteiger partial charge in [-0.05, 0) is 42.5 Å². The second-order valence-electron chi connectivity index (χ2n) is 4.08. The molecule has 1 aromatic carbocycles. The molecule has 4 heteroatoms. The molecule has 0 aliphatic heterocycles. The summed E-state index contributed by atoms with van der Waals surface area (Å²) in [5.74, 6) is 5.80. The van der Waals surface area contributed by atoms with E-state index < -0.39 is 0 Å². The van der Waals surface area contributed by atoms with E-state index >= 15 is 0 Å². The number of ether oxygens (including phenoxy) is 1. The molecule has 86 valence electrons. The number of amides is 1. The minimum absolute atomic E-state index is 0.00815. The number of nitrogens with two attached hydrogens (primary N) is 1. The molecular weight excluding hydrogens is 204 g/mol. The molecule has 0 unspecified atom stereocenters. The Kier molecular flexibility index (Phi) is 3.10. The topological polar surface area (TPSA) is 55.6 Å². The van der Waals surface area contributed by atoms with Crippen LogP contribution in [0.3, 0.4) is 0 Å². The molecule has 0 fully saturated rings. The third kappa shape index (κ3) is 2.33. The number of hydrogen-bond acceptors (Lipinski definition) is 3. The predicted molar refractivity (Wildman–Crippen MR) is 60.9 cm³/mol. The molecule has 4 nitrogen and oxygen atoms in total. The predicted octanol–water partition coefficient (Wildman–Crippen LogP) is 0.886. The summed E-state index contributed by atoms with van der Waals surface area (Å²) in [6.07, 6.45) is 3.47. The highest BCUT2D eigenvalue weighted by molar-refractivity contribution is 5.76. The van der Waals surface area contributed by atoms with Gasteiger partial charge in [0.1, 0.15) is 5.75 Å². The van der Waals surface area contributed by atoms with Gasteiger partial charge in [0.15, 0.2) is 6.61 Å². The molecule has 2 rings (SSSR count). The van der Waals surface area contributed by atoms with Crippen molar-refractivity contribution in [3.63, 3.8) is 0 Å². The van der Waals surface area contributed by atoms with Crippen LogP contribution >= 0.6 is 0 Å². The first-order valence-corrected chi connectivity index (χ1v) is 5.42. The normalized spacial score (nSPS) is 13.4. The fourth-order valence-corrected chi connectivity index (χ4v) is 1.88. The molecule has 0 bridgehead atoms. The van der Waals surface area contributed by atoms with E-state index in [1.54, 1.807) is 0 Å². The van der Waals surface area contributed by atoms with Gasteiger partial charge < -0.3 is 4.74 Å². The molecular formula is C12H16N2O2. The number of aryl methyl sites for hydroxylation is 2. The number of rotatable bonds is 3. The maximum Gasteiger partial charge on any atom is 0.274 e. The van der Waals surface area contributed by atoms with Gasteiger partial charge in [-0.15, -0.1) is 0 Å². The lowest BCUT2D eigenvalue weighted by atomic mass is 10.1. The van der Waals surface area contributed by atoms with Crippen LogP contribution in [0.5, 0.6) is 5.75 Å². The Balaban J connectivity index is 1.98. The molecule has 1 amide bonds. The molecule has 16 heavy (non-hydrogen) atoms. The number of nitrogens with zero attached hydrogens (tertiary/aromatic N) is 1. The Morgan fingerprint density at radius 3 is 2.94 bits per heavy atom. The van der Waals surface area contributed by atoms with E-state index in [0.29, 0.717) is 0 Å². The van der Waals surface area contributed by atoms with Crippen molar-refractivity contribution >= 4 is 5.91 Å². The van der Waals surface area contributed by atoms with Gasteiger partial charge in [-0.25, -0.2) is 5.84 Å². The monoisotopic (exact) mass is 220 g/mol. The zero-order valence-corrected chi connectivity index (χ0v) is 9.40. The second-order valence-corrected chi connectivity index (χ2v) is 4.08. The van der Waals surface area contributed by atoms with Crippen LogP contribution in [0.2, 0.25) is 0 Å². The summed E-state index contributed by atoms with van der Waals surface area (Å²) in [5, 5.41) is 1.04. The van der Waals surface area contributed by atoms with E-state index in [4.69, 9.17) is 10.6 Å². The molecule has 1 aliphatic carbocycles. The quantitative estimate of drug-likeness (QED) is 0.467. The Morgan fingerprint density at radius 2 is 2.19 bits per heavy atom. The van der Waals surface area contributed by atoms with E-state index in [0.717, 1.165) is 23.6 Å². The Labute approximate surface area is 95.0 Å². The standard InChI is InChI=1S/C12H16N2O2/c1-14(13)12(15)8-16-11-6-5-9-3-2-4-10(9)7-11/h5-7H,2-4,8,13H2,1H3. The number of hydrogen-bond donors (Lipinski definition) is 1. The minimum atomic E-state index is -0.236. The van der Waals surface area contributed by atoms with E-state index in [-0.39, 0.29) is 12.5 Å². The highest BCUT2D eigenvalue weighted by Crippen LogP contribution is 2.25. The maximum atomic E-state index is 11.2. The second kappa shape index (κ2) is 4.53. The number of hydrazine groups is 1.